The summed E-state index contributed by atoms with van der Waals surface area (Å²) in [6.45, 7) is 3.59. The molecule has 2 aliphatic rings. The number of nitrogens with zero attached hydrogens (tertiary/aromatic N) is 2. The summed E-state index contributed by atoms with van der Waals surface area (Å²) in [5, 5.41) is 9.80. The fourth-order valence-electron chi connectivity index (χ4n) is 3.08. The third kappa shape index (κ3) is 2.47. The summed E-state index contributed by atoms with van der Waals surface area (Å²) in [4.78, 5) is 26.9. The van der Waals surface area contributed by atoms with Crippen LogP contribution in [0.1, 0.15) is 12.5 Å². The first-order valence-corrected chi connectivity index (χ1v) is 7.93. The molecule has 1 saturated heterocycles. The van der Waals surface area contributed by atoms with Gasteiger partial charge in [-0.15, -0.1) is 0 Å². The Morgan fingerprint density at radius 2 is 1.96 bits per heavy atom. The summed E-state index contributed by atoms with van der Waals surface area (Å²) in [5.74, 6) is -0.963. The van der Waals surface area contributed by atoms with Crippen LogP contribution in [0.5, 0.6) is 0 Å². The fraction of sp³-hybridized carbons (Fsp3) is 0.389. The number of hydrogen-bond donors (Lipinski definition) is 0. The van der Waals surface area contributed by atoms with Crippen molar-refractivity contribution in [1.29, 1.82) is 5.26 Å². The lowest BCUT2D eigenvalue weighted by Gasteiger charge is -2.29. The molecule has 0 bridgehead atoms. The minimum atomic E-state index is -1.54. The molecule has 0 aromatic heterocycles. The zero-order valence-electron chi connectivity index (χ0n) is 13.4. The summed E-state index contributed by atoms with van der Waals surface area (Å²) < 4.78 is 10.3. The molecule has 24 heavy (non-hydrogen) atoms. The Labute approximate surface area is 140 Å². The SMILES string of the molecule is CCOC(=O)C1=C(c2ccccc2)C1(C#N)C(=O)N1CCOCC1. The topological polar surface area (TPSA) is 79.6 Å². The maximum absolute atomic E-state index is 13.0. The van der Waals surface area contributed by atoms with Gasteiger partial charge in [0.25, 0.3) is 5.91 Å². The van der Waals surface area contributed by atoms with Gasteiger partial charge >= 0.3 is 5.97 Å². The Morgan fingerprint density at radius 1 is 1.29 bits per heavy atom. The first-order valence-electron chi connectivity index (χ1n) is 7.93. The molecule has 0 radical (unpaired) electrons. The summed E-state index contributed by atoms with van der Waals surface area (Å²) in [6, 6.07) is 11.1. The van der Waals surface area contributed by atoms with Crippen molar-refractivity contribution in [2.75, 3.05) is 32.9 Å². The average Bonchev–Trinajstić information content (AvgIpc) is 3.33. The van der Waals surface area contributed by atoms with E-state index < -0.39 is 11.4 Å². The van der Waals surface area contributed by atoms with E-state index in [4.69, 9.17) is 9.47 Å². The molecule has 0 spiro atoms. The Balaban J connectivity index is 1.99. The van der Waals surface area contributed by atoms with Gasteiger partial charge in [0.2, 0.25) is 0 Å². The molecule has 3 rings (SSSR count). The average molecular weight is 326 g/mol. The van der Waals surface area contributed by atoms with Gasteiger partial charge in [-0.3, -0.25) is 4.79 Å². The molecule has 1 aliphatic carbocycles. The van der Waals surface area contributed by atoms with E-state index in [-0.39, 0.29) is 18.1 Å². The second kappa shape index (κ2) is 6.46. The van der Waals surface area contributed by atoms with E-state index in [9.17, 15) is 14.9 Å². The second-order valence-corrected chi connectivity index (χ2v) is 5.60. The molecule has 1 heterocycles. The molecule has 1 fully saturated rings. The monoisotopic (exact) mass is 326 g/mol. The van der Waals surface area contributed by atoms with Gasteiger partial charge in [0.15, 0.2) is 5.41 Å². The van der Waals surface area contributed by atoms with Crippen molar-refractivity contribution in [1.82, 2.24) is 4.90 Å². The highest BCUT2D eigenvalue weighted by molar-refractivity contribution is 6.26. The van der Waals surface area contributed by atoms with Crippen LogP contribution in [0.25, 0.3) is 5.57 Å². The molecule has 1 atom stereocenters. The maximum Gasteiger partial charge on any atom is 0.336 e. The van der Waals surface area contributed by atoms with Gasteiger partial charge in [0.05, 0.1) is 31.5 Å². The zero-order valence-corrected chi connectivity index (χ0v) is 13.4. The van der Waals surface area contributed by atoms with Gasteiger partial charge in [0.1, 0.15) is 0 Å². The number of morpholine rings is 1. The van der Waals surface area contributed by atoms with Gasteiger partial charge in [-0.2, -0.15) is 5.26 Å². The zero-order chi connectivity index (χ0) is 17.2. The molecule has 1 unspecified atom stereocenters. The second-order valence-electron chi connectivity index (χ2n) is 5.60. The largest absolute Gasteiger partial charge is 0.463 e. The third-order valence-corrected chi connectivity index (χ3v) is 4.27. The normalized spacial score (nSPS) is 22.8. The summed E-state index contributed by atoms with van der Waals surface area (Å²) >= 11 is 0. The fourth-order valence-corrected chi connectivity index (χ4v) is 3.08. The molecule has 6 nitrogen and oxygen atoms in total. The van der Waals surface area contributed by atoms with Crippen molar-refractivity contribution in [3.8, 4) is 6.07 Å². The van der Waals surface area contributed by atoms with E-state index in [1.807, 2.05) is 18.2 Å². The Morgan fingerprint density at radius 3 is 2.54 bits per heavy atom. The Kier molecular flexibility index (Phi) is 4.36. The molecule has 0 saturated carbocycles. The number of ether oxygens (including phenoxy) is 2. The van der Waals surface area contributed by atoms with Crippen LogP contribution in [0.2, 0.25) is 0 Å². The highest BCUT2D eigenvalue weighted by Crippen LogP contribution is 2.59. The maximum atomic E-state index is 13.0. The summed E-state index contributed by atoms with van der Waals surface area (Å²) in [7, 11) is 0. The van der Waals surface area contributed by atoms with Crippen molar-refractivity contribution < 1.29 is 19.1 Å². The minimum Gasteiger partial charge on any atom is -0.463 e. The minimum absolute atomic E-state index is 0.162. The molecule has 124 valence electrons. The summed E-state index contributed by atoms with van der Waals surface area (Å²) in [6.07, 6.45) is 0. The van der Waals surface area contributed by atoms with Crippen molar-refractivity contribution >= 4 is 17.4 Å². The van der Waals surface area contributed by atoms with Crippen LogP contribution < -0.4 is 0 Å². The smallest absolute Gasteiger partial charge is 0.336 e. The van der Waals surface area contributed by atoms with Gasteiger partial charge in [0, 0.05) is 18.7 Å². The number of rotatable bonds is 4. The molecule has 1 aliphatic heterocycles. The molecule has 1 aromatic carbocycles. The van der Waals surface area contributed by atoms with Crippen LogP contribution in [-0.2, 0) is 19.1 Å². The van der Waals surface area contributed by atoms with Crippen LogP contribution in [-0.4, -0.2) is 49.7 Å². The van der Waals surface area contributed by atoms with Crippen LogP contribution >= 0.6 is 0 Å². The van der Waals surface area contributed by atoms with E-state index >= 15 is 0 Å². The molecule has 0 N–H and O–H groups in total. The molecule has 1 aromatic rings. The highest BCUT2D eigenvalue weighted by atomic mass is 16.5. The number of amides is 1. The lowest BCUT2D eigenvalue weighted by Crippen LogP contribution is -2.45. The first kappa shape index (κ1) is 16.2. The Bertz CT molecular complexity index is 729. The molecule has 1 amide bonds. The summed E-state index contributed by atoms with van der Waals surface area (Å²) in [5.41, 5.74) is -0.218. The van der Waals surface area contributed by atoms with E-state index in [2.05, 4.69) is 6.07 Å². The molecular weight excluding hydrogens is 308 g/mol. The number of benzene rings is 1. The molecular formula is C18H18N2O4. The number of esters is 1. The standard InChI is InChI=1S/C18H18N2O4/c1-2-24-16(21)15-14(13-6-4-3-5-7-13)18(15,12-19)17(22)20-8-10-23-11-9-20/h3-7H,2,8-11H2,1H3. The lowest BCUT2D eigenvalue weighted by atomic mass is 9.94. The predicted octanol–water partition coefficient (Wildman–Crippen LogP) is 1.39. The lowest BCUT2D eigenvalue weighted by molar-refractivity contribution is -0.143. The van der Waals surface area contributed by atoms with Crippen LogP contribution in [0.15, 0.2) is 35.9 Å². The number of nitriles is 1. The van der Waals surface area contributed by atoms with Crippen molar-refractivity contribution in [3.63, 3.8) is 0 Å². The van der Waals surface area contributed by atoms with Crippen molar-refractivity contribution in [3.05, 3.63) is 41.5 Å². The first-order chi connectivity index (χ1) is 11.7. The van der Waals surface area contributed by atoms with E-state index in [1.165, 1.54) is 0 Å². The van der Waals surface area contributed by atoms with E-state index in [1.54, 1.807) is 24.0 Å². The number of hydrogen-bond acceptors (Lipinski definition) is 5. The Hall–Kier alpha value is -2.65. The predicted molar refractivity (Wildman–Crippen MR) is 85.4 cm³/mol. The van der Waals surface area contributed by atoms with Gasteiger partial charge in [-0.1, -0.05) is 30.3 Å². The van der Waals surface area contributed by atoms with Gasteiger partial charge in [-0.05, 0) is 12.5 Å². The van der Waals surface area contributed by atoms with Crippen LogP contribution in [0.4, 0.5) is 0 Å². The van der Waals surface area contributed by atoms with Crippen molar-refractivity contribution in [2.45, 2.75) is 6.92 Å². The van der Waals surface area contributed by atoms with Gasteiger partial charge in [-0.25, -0.2) is 4.79 Å². The molecule has 6 heteroatoms. The quantitative estimate of drug-likeness (QED) is 0.781. The highest BCUT2D eigenvalue weighted by Gasteiger charge is 2.65. The number of carbonyl (C=O) groups is 2. The van der Waals surface area contributed by atoms with Gasteiger partial charge < -0.3 is 14.4 Å². The number of carbonyl (C=O) groups excluding carboxylic acids is 2. The van der Waals surface area contributed by atoms with Crippen molar-refractivity contribution in [2.24, 2.45) is 5.41 Å². The van der Waals surface area contributed by atoms with Crippen LogP contribution in [0.3, 0.4) is 0 Å². The van der Waals surface area contributed by atoms with E-state index in [0.29, 0.717) is 37.4 Å². The third-order valence-electron chi connectivity index (χ3n) is 4.27. The van der Waals surface area contributed by atoms with Crippen LogP contribution in [0, 0.1) is 16.7 Å². The van der Waals surface area contributed by atoms with E-state index in [0.717, 1.165) is 0 Å².